The first-order chi connectivity index (χ1) is 9.58. The van der Waals surface area contributed by atoms with Crippen LogP contribution in [0.25, 0.3) is 0 Å². The number of hydrogen-bond acceptors (Lipinski definition) is 3. The van der Waals surface area contributed by atoms with E-state index in [1.807, 2.05) is 17.5 Å². The molecule has 0 aliphatic carbocycles. The minimum absolute atomic E-state index is 0.180. The Morgan fingerprint density at radius 1 is 1.43 bits per heavy atom. The number of nitrogens with one attached hydrogen (secondary N) is 1. The zero-order chi connectivity index (χ0) is 16.3. The molecular weight excluding hydrogens is 309 g/mol. The largest absolute Gasteiger partial charge is 0.479 e. The SMILES string of the molecule is CN(CCc1cccs1)C(=O)NC(C)(C(=O)O)C(F)(F)F. The number of thiophene rings is 1. The van der Waals surface area contributed by atoms with Gasteiger partial charge in [0.2, 0.25) is 5.54 Å². The van der Waals surface area contributed by atoms with Gasteiger partial charge in [-0.1, -0.05) is 6.07 Å². The van der Waals surface area contributed by atoms with E-state index >= 15 is 0 Å². The van der Waals surface area contributed by atoms with Crippen LogP contribution in [0, 0.1) is 0 Å². The number of amides is 2. The Bertz CT molecular complexity index is 504. The van der Waals surface area contributed by atoms with Crippen LogP contribution in [0.3, 0.4) is 0 Å². The van der Waals surface area contributed by atoms with Gasteiger partial charge < -0.3 is 15.3 Å². The van der Waals surface area contributed by atoms with E-state index in [1.165, 1.54) is 23.7 Å². The van der Waals surface area contributed by atoms with Crippen LogP contribution in [-0.2, 0) is 11.2 Å². The van der Waals surface area contributed by atoms with E-state index in [1.54, 1.807) is 0 Å². The van der Waals surface area contributed by atoms with Crippen molar-refractivity contribution in [3.8, 4) is 0 Å². The Labute approximate surface area is 123 Å². The second kappa shape index (κ2) is 6.33. The number of urea groups is 1. The average Bonchev–Trinajstić information content (AvgIpc) is 2.87. The summed E-state index contributed by atoms with van der Waals surface area (Å²) < 4.78 is 38.3. The third kappa shape index (κ3) is 4.10. The Morgan fingerprint density at radius 3 is 2.48 bits per heavy atom. The van der Waals surface area contributed by atoms with E-state index in [2.05, 4.69) is 0 Å². The van der Waals surface area contributed by atoms with Gasteiger partial charge in [0.05, 0.1) is 0 Å². The summed E-state index contributed by atoms with van der Waals surface area (Å²) in [5.74, 6) is -2.16. The average molecular weight is 324 g/mol. The highest BCUT2D eigenvalue weighted by Crippen LogP contribution is 2.30. The van der Waals surface area contributed by atoms with Gasteiger partial charge in [0.25, 0.3) is 0 Å². The number of carbonyl (C=O) groups is 2. The van der Waals surface area contributed by atoms with Crippen molar-refractivity contribution in [3.63, 3.8) is 0 Å². The molecule has 0 bridgehead atoms. The fourth-order valence-corrected chi connectivity index (χ4v) is 2.09. The molecule has 0 aromatic carbocycles. The highest BCUT2D eigenvalue weighted by molar-refractivity contribution is 7.09. The predicted octanol–water partition coefficient (Wildman–Crippen LogP) is 2.34. The fraction of sp³-hybridized carbons (Fsp3) is 0.500. The van der Waals surface area contributed by atoms with Gasteiger partial charge in [0.15, 0.2) is 0 Å². The molecule has 0 radical (unpaired) electrons. The molecule has 2 N–H and O–H groups in total. The lowest BCUT2D eigenvalue weighted by atomic mass is 10.0. The lowest BCUT2D eigenvalue weighted by molar-refractivity contribution is -0.203. The Morgan fingerprint density at radius 2 is 2.05 bits per heavy atom. The number of alkyl halides is 3. The van der Waals surface area contributed by atoms with Gasteiger partial charge in [-0.2, -0.15) is 13.2 Å². The van der Waals surface area contributed by atoms with E-state index in [4.69, 9.17) is 5.11 Å². The second-order valence-corrected chi connectivity index (χ2v) is 5.64. The molecule has 9 heteroatoms. The van der Waals surface area contributed by atoms with Crippen molar-refractivity contribution in [2.45, 2.75) is 25.1 Å². The molecule has 0 saturated carbocycles. The Balaban J connectivity index is 2.67. The van der Waals surface area contributed by atoms with Gasteiger partial charge in [-0.05, 0) is 24.8 Å². The van der Waals surface area contributed by atoms with Crippen molar-refractivity contribution in [3.05, 3.63) is 22.4 Å². The third-order valence-electron chi connectivity index (χ3n) is 2.97. The van der Waals surface area contributed by atoms with Gasteiger partial charge in [0, 0.05) is 18.5 Å². The molecule has 0 aliphatic heterocycles. The summed E-state index contributed by atoms with van der Waals surface area (Å²) in [6, 6.07) is 2.58. The van der Waals surface area contributed by atoms with E-state index in [-0.39, 0.29) is 6.54 Å². The number of carbonyl (C=O) groups excluding carboxylic acids is 1. The maximum atomic E-state index is 12.8. The summed E-state index contributed by atoms with van der Waals surface area (Å²) >= 11 is 1.47. The monoisotopic (exact) mass is 324 g/mol. The van der Waals surface area contributed by atoms with Gasteiger partial charge in [-0.25, -0.2) is 9.59 Å². The van der Waals surface area contributed by atoms with Crippen LogP contribution in [-0.4, -0.2) is 47.3 Å². The van der Waals surface area contributed by atoms with Crippen LogP contribution in [0.5, 0.6) is 0 Å². The van der Waals surface area contributed by atoms with Gasteiger partial charge in [0.1, 0.15) is 0 Å². The van der Waals surface area contributed by atoms with Crippen molar-refractivity contribution in [1.82, 2.24) is 10.2 Å². The van der Waals surface area contributed by atoms with Crippen LogP contribution >= 0.6 is 11.3 Å². The van der Waals surface area contributed by atoms with E-state index in [0.717, 1.165) is 9.78 Å². The Hall–Kier alpha value is -1.77. The minimum Gasteiger partial charge on any atom is -0.479 e. The summed E-state index contributed by atoms with van der Waals surface area (Å²) in [6.45, 7) is 0.597. The molecule has 0 spiro atoms. The van der Waals surface area contributed by atoms with Gasteiger partial charge in [-0.3, -0.25) is 0 Å². The van der Waals surface area contributed by atoms with Crippen LogP contribution in [0.2, 0.25) is 0 Å². The zero-order valence-corrected chi connectivity index (χ0v) is 12.2. The summed E-state index contributed by atoms with van der Waals surface area (Å²) in [4.78, 5) is 24.5. The van der Waals surface area contributed by atoms with Crippen LogP contribution in [0.15, 0.2) is 17.5 Å². The fourth-order valence-electron chi connectivity index (χ4n) is 1.39. The molecule has 0 saturated heterocycles. The maximum Gasteiger partial charge on any atom is 0.422 e. The number of likely N-dealkylation sites (N-methyl/N-ethyl adjacent to an activating group) is 1. The molecule has 0 fully saturated rings. The number of nitrogens with zero attached hydrogens (tertiary/aromatic N) is 1. The van der Waals surface area contributed by atoms with Crippen LogP contribution in [0.4, 0.5) is 18.0 Å². The highest BCUT2D eigenvalue weighted by atomic mass is 32.1. The molecule has 1 heterocycles. The number of halogens is 3. The molecule has 118 valence electrons. The summed E-state index contributed by atoms with van der Waals surface area (Å²) in [6.07, 6.45) is -4.61. The van der Waals surface area contributed by atoms with Crippen molar-refractivity contribution in [1.29, 1.82) is 0 Å². The van der Waals surface area contributed by atoms with E-state index in [9.17, 15) is 22.8 Å². The van der Waals surface area contributed by atoms with Crippen LogP contribution in [0.1, 0.15) is 11.8 Å². The molecule has 1 rings (SSSR count). The summed E-state index contributed by atoms with van der Waals surface area (Å²) in [5.41, 5.74) is -3.32. The normalized spacial score (nSPS) is 14.3. The summed E-state index contributed by atoms with van der Waals surface area (Å²) in [5, 5.41) is 12.1. The number of carboxylic acids is 1. The van der Waals surface area contributed by atoms with Gasteiger partial charge >= 0.3 is 18.2 Å². The molecule has 21 heavy (non-hydrogen) atoms. The number of hydrogen-bond donors (Lipinski definition) is 2. The van der Waals surface area contributed by atoms with Crippen molar-refractivity contribution >= 4 is 23.3 Å². The molecule has 2 amide bonds. The molecule has 1 aromatic rings. The number of carboxylic acid groups (broad SMARTS) is 1. The quantitative estimate of drug-likeness (QED) is 0.873. The van der Waals surface area contributed by atoms with Crippen molar-refractivity contribution in [2.24, 2.45) is 0 Å². The number of rotatable bonds is 5. The van der Waals surface area contributed by atoms with Gasteiger partial charge in [-0.15, -0.1) is 11.3 Å². The van der Waals surface area contributed by atoms with Crippen molar-refractivity contribution < 1.29 is 27.9 Å². The summed E-state index contributed by atoms with van der Waals surface area (Å²) in [7, 11) is 1.31. The lowest BCUT2D eigenvalue weighted by Crippen LogP contribution is -2.63. The molecule has 0 aliphatic rings. The highest BCUT2D eigenvalue weighted by Gasteiger charge is 2.58. The number of aliphatic carboxylic acids is 1. The maximum absolute atomic E-state index is 12.8. The van der Waals surface area contributed by atoms with Crippen molar-refractivity contribution in [2.75, 3.05) is 13.6 Å². The second-order valence-electron chi connectivity index (χ2n) is 4.61. The molecular formula is C12H15F3N2O3S. The first-order valence-corrected chi connectivity index (χ1v) is 6.81. The van der Waals surface area contributed by atoms with E-state index in [0.29, 0.717) is 13.3 Å². The standard InChI is InChI=1S/C12H15F3N2O3S/c1-11(9(18)19,12(13,14)15)16-10(20)17(2)6-5-8-4-3-7-21-8/h3-4,7H,5-6H2,1-2H3,(H,16,20)(H,18,19). The lowest BCUT2D eigenvalue weighted by Gasteiger charge is -2.30. The molecule has 1 unspecified atom stereocenters. The smallest absolute Gasteiger partial charge is 0.422 e. The molecule has 5 nitrogen and oxygen atoms in total. The van der Waals surface area contributed by atoms with Crippen LogP contribution < -0.4 is 5.32 Å². The first-order valence-electron chi connectivity index (χ1n) is 5.93. The molecule has 1 atom stereocenters. The predicted molar refractivity (Wildman–Crippen MR) is 71.3 cm³/mol. The third-order valence-corrected chi connectivity index (χ3v) is 3.91. The molecule has 1 aromatic heterocycles. The first kappa shape index (κ1) is 17.3. The van der Waals surface area contributed by atoms with E-state index < -0.39 is 23.7 Å². The minimum atomic E-state index is -5.09. The topological polar surface area (TPSA) is 69.6 Å². The zero-order valence-electron chi connectivity index (χ0n) is 11.4. The Kier molecular flexibility index (Phi) is 5.21.